The van der Waals surface area contributed by atoms with Crippen LogP contribution in [0.3, 0.4) is 0 Å². The summed E-state index contributed by atoms with van der Waals surface area (Å²) in [6.45, 7) is 9.20. The normalized spacial score (nSPS) is 17.8. The largest absolute Gasteiger partial charge is 0.396 e. The van der Waals surface area contributed by atoms with Crippen molar-refractivity contribution in [2.75, 3.05) is 43.7 Å². The van der Waals surface area contributed by atoms with Gasteiger partial charge in [-0.05, 0) is 92.4 Å². The van der Waals surface area contributed by atoms with Crippen LogP contribution >= 0.6 is 23.5 Å². The Morgan fingerprint density at radius 3 is 1.76 bits per heavy atom. The second-order valence-electron chi connectivity index (χ2n) is 30.8. The molecule has 2 aliphatic carbocycles. The van der Waals surface area contributed by atoms with E-state index in [1.807, 2.05) is 18.6 Å². The van der Waals surface area contributed by atoms with Crippen molar-refractivity contribution < 1.29 is 98.9 Å². The SMILES string of the molecule is C1CCCC1.CCC(C)[C@H](CC(=O)[C@@H](N)CCCN=C(N)N)C(=O)N[C@@H](CC(N)=O)C(=O)C[C@@H](CC(N)=O)C(=O)N[C@H](C(=O)N1C[C@@H](n2cc(C3CCCC3)nn2)CC1C(=O)N[C@@H](Cc1c[nH]c2ccccc12)C(=O)C[C@@H](CO)C(=O)N[C@@H](CC)C(=O)C[C@@H](C)C(=O)N[C@@H](CCSC)C(=O)C[C@@H](CCSC)C(N)=O)C(C)CC.O=C=O.[Fe]. The number of nitrogens with two attached hydrogens (primary N) is 6. The average Bonchev–Trinajstić information content (AvgIpc) is 1.64. The number of fused-ring (bicyclic) bond motifs is 1. The van der Waals surface area contributed by atoms with Gasteiger partial charge in [-0.25, -0.2) is 4.68 Å². The minimum absolute atomic E-state index is 0. The molecule has 1 aliphatic heterocycles. The molecular formula is C80H125FeN17O17S2. The molecule has 15 atom stereocenters. The number of benzene rings is 1. The quantitative estimate of drug-likeness (QED) is 0.0167. The number of hydrogen-bond donors (Lipinski definition) is 13. The maximum atomic E-state index is 15.6. The molecule has 0 radical (unpaired) electrons. The van der Waals surface area contributed by atoms with Crippen LogP contribution < -0.4 is 61.0 Å². The van der Waals surface area contributed by atoms with E-state index in [4.69, 9.17) is 44.0 Å². The molecule has 3 aromatic rings. The Morgan fingerprint density at radius 2 is 1.18 bits per heavy atom. The molecule has 6 rings (SSSR count). The van der Waals surface area contributed by atoms with Crippen LogP contribution in [0.5, 0.6) is 0 Å². The number of nitrogens with one attached hydrogen (secondary N) is 6. The number of primary amides is 3. The first-order chi connectivity index (χ1) is 55.2. The topological polar surface area (TPSA) is 572 Å². The van der Waals surface area contributed by atoms with Gasteiger partial charge < -0.3 is 76.0 Å². The van der Waals surface area contributed by atoms with Crippen molar-refractivity contribution in [1.82, 2.24) is 51.5 Å². The van der Waals surface area contributed by atoms with Gasteiger partial charge in [-0.3, -0.25) is 72.1 Å². The molecule has 2 aromatic heterocycles. The molecule has 2 saturated carbocycles. The van der Waals surface area contributed by atoms with E-state index in [0.717, 1.165) is 31.4 Å². The molecule has 3 aliphatic rings. The molecule has 117 heavy (non-hydrogen) atoms. The average molecular weight is 1720 g/mol. The van der Waals surface area contributed by atoms with E-state index in [9.17, 15) is 57.8 Å². The predicted molar refractivity (Wildman–Crippen MR) is 438 cm³/mol. The fourth-order valence-corrected chi connectivity index (χ4v) is 15.6. The van der Waals surface area contributed by atoms with Crippen molar-refractivity contribution in [3.63, 3.8) is 0 Å². The van der Waals surface area contributed by atoms with E-state index in [0.29, 0.717) is 47.2 Å². The zero-order chi connectivity index (χ0) is 86.3. The first-order valence-corrected chi connectivity index (χ1v) is 43.2. The Morgan fingerprint density at radius 1 is 0.624 bits per heavy atom. The van der Waals surface area contributed by atoms with Crippen molar-refractivity contribution in [2.24, 2.45) is 80.8 Å². The van der Waals surface area contributed by atoms with E-state index < -0.39 is 198 Å². The Balaban J connectivity index is 0.00000372. The molecular weight excluding hydrogens is 1590 g/mol. The van der Waals surface area contributed by atoms with Crippen molar-refractivity contribution >= 4 is 129 Å². The standard InChI is InChI=1S/C74H115N17O15S2.C5H10.CO2.Fe/c1-9-40(4)50(34-59(93)51(75)20-16-24-81-74(79)80)71(104)85-56(35-65(77)99)62(96)30-45(32-64(76)98)69(102)87-66(41(5)10-2)73(106)90-37-48(91-38-57(88-89-91)43-17-12-13-18-43)33-58(90)72(105)86-55(28-46-36-82-53-21-15-14-19-49(46)53)63(97)31-47(39-92)70(103)83-52(11-3)60(94)27-42(6)68(101)84-54(23-26-108-8)61(95)29-44(67(78)100)22-25-107-7;1-2-4-5-3-1;2-1-3;/h14-15,19,21,36,38,40-45,47-48,50-52,54-56,58,66,82,92H,9-13,16-18,20,22-35,37,39,75H2,1-8H3,(H2,76,98)(H2,77,99)(H2,78,100)(H,83,103)(H,84,101)(H,85,104)(H,86,105)(H,87,102)(H4,79,80,81);1-5H2;;/t40?,41?,42-,44-,45+,47+,48+,50+,51+,52+,54+,55+,56+,58?,66+;;;/m1.../s1. The number of ketones is 5. The van der Waals surface area contributed by atoms with Crippen molar-refractivity contribution in [1.29, 1.82) is 0 Å². The minimum Gasteiger partial charge on any atom is -0.396 e. The van der Waals surface area contributed by atoms with Crippen LogP contribution in [0, 0.1) is 41.4 Å². The number of aromatic amines is 1. The summed E-state index contributed by atoms with van der Waals surface area (Å²) >= 11 is 2.96. The number of para-hydroxylation sites is 1. The maximum Gasteiger partial charge on any atom is 0.373 e. The molecule has 37 heteroatoms. The molecule has 3 fully saturated rings. The second kappa shape index (κ2) is 53.6. The molecule has 1 saturated heterocycles. The number of thioether (sulfide) groups is 2. The van der Waals surface area contributed by atoms with Crippen LogP contribution in [-0.2, 0) is 100 Å². The van der Waals surface area contributed by atoms with Gasteiger partial charge in [-0.15, -0.1) is 5.10 Å². The number of H-pyrrole nitrogens is 1. The van der Waals surface area contributed by atoms with Gasteiger partial charge in [0.05, 0.1) is 66.8 Å². The number of amides is 9. The monoisotopic (exact) mass is 1720 g/mol. The zero-order valence-electron chi connectivity index (χ0n) is 68.8. The molecule has 1 aromatic carbocycles. The van der Waals surface area contributed by atoms with Crippen LogP contribution in [-0.4, -0.2) is 210 Å². The number of carbonyl (C=O) groups excluding carboxylic acids is 16. The first kappa shape index (κ1) is 102. The van der Waals surface area contributed by atoms with Gasteiger partial charge >= 0.3 is 6.15 Å². The van der Waals surface area contributed by atoms with E-state index in [-0.39, 0.29) is 112 Å². The number of likely N-dealkylation sites (tertiary alicyclic amines) is 1. The number of aliphatic imine (C=N–C) groups is 1. The van der Waals surface area contributed by atoms with Gasteiger partial charge in [-0.1, -0.05) is 123 Å². The van der Waals surface area contributed by atoms with Gasteiger partial charge in [0.25, 0.3) is 0 Å². The Bertz CT molecular complexity index is 3840. The number of hydrogen-bond acceptors (Lipinski definition) is 23. The smallest absolute Gasteiger partial charge is 0.373 e. The molecule has 3 heterocycles. The predicted octanol–water partition coefficient (Wildman–Crippen LogP) is 3.10. The number of Topliss-reactive ketones (excluding diaryl/α,β-unsaturated/α-hetero) is 5. The summed E-state index contributed by atoms with van der Waals surface area (Å²) in [6, 6.07) is -2.60. The summed E-state index contributed by atoms with van der Waals surface area (Å²) in [5.41, 5.74) is 36.0. The molecule has 19 N–H and O–H groups in total. The van der Waals surface area contributed by atoms with E-state index in [2.05, 4.69) is 46.9 Å². The third-order valence-electron chi connectivity index (χ3n) is 22.2. The first-order valence-electron chi connectivity index (χ1n) is 40.4. The van der Waals surface area contributed by atoms with Crippen LogP contribution in [0.15, 0.2) is 41.7 Å². The molecule has 0 bridgehead atoms. The van der Waals surface area contributed by atoms with Crippen molar-refractivity contribution in [2.45, 2.75) is 256 Å². The van der Waals surface area contributed by atoms with E-state index in [1.54, 1.807) is 69.9 Å². The number of carbonyl (C=O) groups is 14. The van der Waals surface area contributed by atoms with Gasteiger partial charge in [0.2, 0.25) is 53.2 Å². The van der Waals surface area contributed by atoms with Crippen LogP contribution in [0.25, 0.3) is 10.9 Å². The summed E-state index contributed by atoms with van der Waals surface area (Å²) in [4.78, 5) is 221. The van der Waals surface area contributed by atoms with Gasteiger partial charge in [-0.2, -0.15) is 33.1 Å². The van der Waals surface area contributed by atoms with Gasteiger partial charge in [0, 0.05) is 128 Å². The Hall–Kier alpha value is -8.73. The molecule has 34 nitrogen and oxygen atoms in total. The van der Waals surface area contributed by atoms with Gasteiger partial charge in [0.1, 0.15) is 17.9 Å². The molecule has 652 valence electrons. The number of aliphatic hydroxyl groups is 1. The van der Waals surface area contributed by atoms with Crippen LogP contribution in [0.1, 0.15) is 219 Å². The zero-order valence-corrected chi connectivity index (χ0v) is 71.5. The maximum absolute atomic E-state index is 15.6. The van der Waals surface area contributed by atoms with Crippen molar-refractivity contribution in [3.05, 3.63) is 47.9 Å². The fraction of sp³-hybridized carbons (Fsp3) is 0.675. The number of guanidine groups is 1. The molecule has 9 amide bonds. The Kier molecular flexibility index (Phi) is 47.0. The van der Waals surface area contributed by atoms with Gasteiger partial charge in [0.15, 0.2) is 29.1 Å². The minimum atomic E-state index is -1.65. The van der Waals surface area contributed by atoms with Crippen LogP contribution in [0.4, 0.5) is 0 Å². The fourth-order valence-electron chi connectivity index (χ4n) is 14.6. The number of rotatable bonds is 51. The summed E-state index contributed by atoms with van der Waals surface area (Å²) in [5, 5.41) is 34.2. The molecule has 3 unspecified atom stereocenters. The summed E-state index contributed by atoms with van der Waals surface area (Å²) in [5.74, 6) is -16.4. The summed E-state index contributed by atoms with van der Waals surface area (Å²) < 4.78 is 1.58. The number of aliphatic hydroxyl groups excluding tert-OH is 1. The second-order valence-corrected chi connectivity index (χ2v) is 32.8. The van der Waals surface area contributed by atoms with Crippen LogP contribution in [0.2, 0.25) is 0 Å². The summed E-state index contributed by atoms with van der Waals surface area (Å²) in [6.07, 6.45) is 16.5. The number of nitrogens with zero attached hydrogens (tertiary/aromatic N) is 5. The van der Waals surface area contributed by atoms with E-state index in [1.165, 1.54) is 67.5 Å². The summed E-state index contributed by atoms with van der Waals surface area (Å²) in [7, 11) is 0. The van der Waals surface area contributed by atoms with E-state index >= 15 is 14.4 Å². The van der Waals surface area contributed by atoms with Crippen molar-refractivity contribution in [3.8, 4) is 0 Å². The molecule has 0 spiro atoms. The Labute approximate surface area is 703 Å². The number of aromatic nitrogens is 4. The third-order valence-corrected chi connectivity index (χ3v) is 23.4. The third kappa shape index (κ3) is 33.9.